The predicted molar refractivity (Wildman–Crippen MR) is 109 cm³/mol. The zero-order valence-corrected chi connectivity index (χ0v) is 18.1. The van der Waals surface area contributed by atoms with Crippen LogP contribution >= 0.6 is 8.15 Å². The van der Waals surface area contributed by atoms with Gasteiger partial charge in [-0.15, -0.1) is 0 Å². The summed E-state index contributed by atoms with van der Waals surface area (Å²) in [5.74, 6) is 0. The maximum atomic E-state index is 10.1. The van der Waals surface area contributed by atoms with Crippen molar-refractivity contribution < 1.29 is 24.0 Å². The van der Waals surface area contributed by atoms with Crippen LogP contribution in [-0.2, 0) is 9.47 Å². The number of rotatable bonds is 15. The van der Waals surface area contributed by atoms with Gasteiger partial charge < -0.3 is 24.0 Å². The van der Waals surface area contributed by atoms with E-state index in [1.807, 2.05) is 6.26 Å². The van der Waals surface area contributed by atoms with Crippen LogP contribution < -0.4 is 0 Å². The highest BCUT2D eigenvalue weighted by Crippen LogP contribution is 2.32. The molecule has 2 unspecified atom stereocenters. The number of quaternary nitrogens is 1. The minimum absolute atomic E-state index is 0.178. The fraction of sp³-hybridized carbons (Fsp3) is 0.900. The molecule has 1 aliphatic heterocycles. The van der Waals surface area contributed by atoms with Crippen molar-refractivity contribution in [3.8, 4) is 0 Å². The molecule has 0 amide bonds. The molecule has 6 heteroatoms. The summed E-state index contributed by atoms with van der Waals surface area (Å²) in [5, 5.41) is 10.1. The predicted octanol–water partition coefficient (Wildman–Crippen LogP) is 3.84. The van der Waals surface area contributed by atoms with E-state index in [1.54, 1.807) is 0 Å². The van der Waals surface area contributed by atoms with Gasteiger partial charge in [0.15, 0.2) is 6.79 Å². The Kier molecular flexibility index (Phi) is 12.8. The topological polar surface area (TPSA) is 58.9 Å². The van der Waals surface area contributed by atoms with E-state index < -0.39 is 8.15 Å². The fourth-order valence-electron chi connectivity index (χ4n) is 3.10. The van der Waals surface area contributed by atoms with Crippen molar-refractivity contribution in [2.24, 2.45) is 0 Å². The third kappa shape index (κ3) is 13.9. The van der Waals surface area contributed by atoms with Crippen LogP contribution in [0.25, 0.3) is 0 Å². The zero-order valence-electron chi connectivity index (χ0n) is 17.2. The van der Waals surface area contributed by atoms with Gasteiger partial charge in [0.2, 0.25) is 0 Å². The summed E-state index contributed by atoms with van der Waals surface area (Å²) in [6.07, 6.45) is 12.9. The number of aliphatic hydroxyl groups is 1. The second-order valence-electron chi connectivity index (χ2n) is 8.48. The van der Waals surface area contributed by atoms with Gasteiger partial charge in [-0.05, 0) is 50.0 Å². The average Bonchev–Trinajstić information content (AvgIpc) is 2.58. The Labute approximate surface area is 161 Å². The molecule has 2 atom stereocenters. The standard InChI is InChI=1S/C20H41NO4P/c1-21(2,3)13-9-15-26(23)14-8-4-5-11-20(22)12-7-6-10-19-16-24-18-25-17-19/h16,20,22-23H,4-15,17-18H2,1-3H3/q+1. The molecule has 0 spiro atoms. The van der Waals surface area contributed by atoms with E-state index in [0.29, 0.717) is 13.4 Å². The van der Waals surface area contributed by atoms with E-state index >= 15 is 0 Å². The van der Waals surface area contributed by atoms with E-state index in [0.717, 1.165) is 81.1 Å². The minimum Gasteiger partial charge on any atom is -0.475 e. The Morgan fingerprint density at radius 1 is 1.04 bits per heavy atom. The van der Waals surface area contributed by atoms with Gasteiger partial charge in [-0.1, -0.05) is 19.3 Å². The SMILES string of the molecule is C[N+](C)(C)CCCP(O)CCCCCC(O)CCCCC1=COCOC1. The van der Waals surface area contributed by atoms with Gasteiger partial charge in [0.05, 0.1) is 46.7 Å². The summed E-state index contributed by atoms with van der Waals surface area (Å²) >= 11 is 0. The van der Waals surface area contributed by atoms with Gasteiger partial charge in [-0.2, -0.15) is 0 Å². The molecule has 154 valence electrons. The molecule has 0 fully saturated rings. The first-order valence-electron chi connectivity index (χ1n) is 10.2. The summed E-state index contributed by atoms with van der Waals surface area (Å²) in [5.41, 5.74) is 1.22. The second kappa shape index (κ2) is 13.9. The summed E-state index contributed by atoms with van der Waals surface area (Å²) in [7, 11) is 5.80. The maximum Gasteiger partial charge on any atom is 0.188 e. The third-order valence-electron chi connectivity index (χ3n) is 4.67. The Bertz CT molecular complexity index is 384. The van der Waals surface area contributed by atoms with Crippen molar-refractivity contribution in [1.29, 1.82) is 0 Å². The number of ether oxygens (including phenoxy) is 2. The Morgan fingerprint density at radius 3 is 2.38 bits per heavy atom. The van der Waals surface area contributed by atoms with Crippen LogP contribution in [-0.4, -0.2) is 74.0 Å². The molecule has 0 aromatic heterocycles. The van der Waals surface area contributed by atoms with Gasteiger partial charge in [0, 0.05) is 14.6 Å². The molecule has 1 rings (SSSR count). The lowest BCUT2D eigenvalue weighted by Crippen LogP contribution is -2.35. The molecular formula is C20H41NO4P+. The molecule has 0 radical (unpaired) electrons. The van der Waals surface area contributed by atoms with Gasteiger partial charge in [-0.25, -0.2) is 0 Å². The molecule has 2 N–H and O–H groups in total. The number of hydrogen-bond donors (Lipinski definition) is 2. The van der Waals surface area contributed by atoms with Crippen molar-refractivity contribution in [2.75, 3.05) is 53.4 Å². The molecule has 0 saturated heterocycles. The normalized spacial score (nSPS) is 17.5. The molecule has 1 heterocycles. The molecule has 5 nitrogen and oxygen atoms in total. The lowest BCUT2D eigenvalue weighted by atomic mass is 10.0. The lowest BCUT2D eigenvalue weighted by molar-refractivity contribution is -0.870. The molecule has 26 heavy (non-hydrogen) atoms. The van der Waals surface area contributed by atoms with Crippen LogP contribution in [0.15, 0.2) is 11.8 Å². The third-order valence-corrected chi connectivity index (χ3v) is 6.34. The minimum atomic E-state index is -0.782. The maximum absolute atomic E-state index is 10.1. The number of nitrogens with zero attached hydrogens (tertiary/aromatic N) is 1. The van der Waals surface area contributed by atoms with Crippen molar-refractivity contribution >= 4 is 8.15 Å². The summed E-state index contributed by atoms with van der Waals surface area (Å²) in [4.78, 5) is 10.1. The first-order valence-corrected chi connectivity index (χ1v) is 11.8. The van der Waals surface area contributed by atoms with Gasteiger partial charge in [-0.3, -0.25) is 0 Å². The highest BCUT2D eigenvalue weighted by Gasteiger charge is 2.10. The lowest BCUT2D eigenvalue weighted by Gasteiger charge is -2.24. The van der Waals surface area contributed by atoms with Crippen molar-refractivity contribution in [1.82, 2.24) is 0 Å². The molecule has 0 aromatic carbocycles. The smallest absolute Gasteiger partial charge is 0.188 e. The van der Waals surface area contributed by atoms with E-state index in [-0.39, 0.29) is 6.10 Å². The van der Waals surface area contributed by atoms with Gasteiger partial charge in [0.1, 0.15) is 0 Å². The highest BCUT2D eigenvalue weighted by molar-refractivity contribution is 7.51. The molecule has 1 aliphatic rings. The van der Waals surface area contributed by atoms with Crippen LogP contribution in [0.3, 0.4) is 0 Å². The first-order chi connectivity index (χ1) is 12.4. The van der Waals surface area contributed by atoms with Crippen LogP contribution in [0.4, 0.5) is 0 Å². The summed E-state index contributed by atoms with van der Waals surface area (Å²) in [6.45, 7) is 2.19. The molecule has 0 aromatic rings. The summed E-state index contributed by atoms with van der Waals surface area (Å²) < 4.78 is 11.3. The first kappa shape index (κ1) is 23.8. The van der Waals surface area contributed by atoms with E-state index in [1.165, 1.54) is 5.57 Å². The van der Waals surface area contributed by atoms with E-state index in [9.17, 15) is 10.00 Å². The largest absolute Gasteiger partial charge is 0.475 e. The molecular weight excluding hydrogens is 349 g/mol. The van der Waals surface area contributed by atoms with Crippen molar-refractivity contribution in [3.05, 3.63) is 11.8 Å². The average molecular weight is 391 g/mol. The monoisotopic (exact) mass is 390 g/mol. The number of hydrogen-bond acceptors (Lipinski definition) is 4. The van der Waals surface area contributed by atoms with Crippen LogP contribution in [0.5, 0.6) is 0 Å². The van der Waals surface area contributed by atoms with E-state index in [4.69, 9.17) is 9.47 Å². The highest BCUT2D eigenvalue weighted by atomic mass is 31.1. The van der Waals surface area contributed by atoms with Gasteiger partial charge >= 0.3 is 0 Å². The number of unbranched alkanes of at least 4 members (excludes halogenated alkanes) is 3. The molecule has 0 saturated carbocycles. The van der Waals surface area contributed by atoms with Crippen LogP contribution in [0, 0.1) is 0 Å². The fourth-order valence-corrected chi connectivity index (χ4v) is 4.42. The van der Waals surface area contributed by atoms with Crippen molar-refractivity contribution in [2.45, 2.75) is 63.9 Å². The Morgan fingerprint density at radius 2 is 1.73 bits per heavy atom. The molecule has 0 aliphatic carbocycles. The molecule has 0 bridgehead atoms. The van der Waals surface area contributed by atoms with Crippen LogP contribution in [0.1, 0.15) is 57.8 Å². The summed E-state index contributed by atoms with van der Waals surface area (Å²) in [6, 6.07) is 0. The van der Waals surface area contributed by atoms with E-state index in [2.05, 4.69) is 21.1 Å². The Hall–Kier alpha value is -0.190. The Balaban J connectivity index is 1.89. The van der Waals surface area contributed by atoms with Crippen LogP contribution in [0.2, 0.25) is 0 Å². The quantitative estimate of drug-likeness (QED) is 0.253. The second-order valence-corrected chi connectivity index (χ2v) is 10.4. The van der Waals surface area contributed by atoms with Crippen molar-refractivity contribution in [3.63, 3.8) is 0 Å². The van der Waals surface area contributed by atoms with Gasteiger partial charge in [0.25, 0.3) is 0 Å². The number of aliphatic hydroxyl groups excluding tert-OH is 1. The zero-order chi connectivity index (χ0) is 19.3.